The molecule has 0 fully saturated rings. The van der Waals surface area contributed by atoms with Crippen LogP contribution in [0.3, 0.4) is 0 Å². The predicted octanol–water partition coefficient (Wildman–Crippen LogP) is 3.28. The average molecular weight is 170 g/mol. The monoisotopic (exact) mass is 170 g/mol. The van der Waals surface area contributed by atoms with E-state index in [1.54, 1.807) is 0 Å². The van der Waals surface area contributed by atoms with Gasteiger partial charge in [0.25, 0.3) is 0 Å². The van der Waals surface area contributed by atoms with Crippen molar-refractivity contribution in [1.29, 1.82) is 0 Å². The molecule has 0 spiro atoms. The molecule has 0 heterocycles. The first-order chi connectivity index (χ1) is 5.64. The van der Waals surface area contributed by atoms with E-state index < -0.39 is 5.60 Å². The van der Waals surface area contributed by atoms with Crippen molar-refractivity contribution in [3.63, 3.8) is 0 Å². The molecule has 0 amide bonds. The molecule has 0 aliphatic rings. The van der Waals surface area contributed by atoms with Crippen LogP contribution in [-0.2, 0) is 0 Å². The van der Waals surface area contributed by atoms with Gasteiger partial charge in [-0.15, -0.1) is 0 Å². The van der Waals surface area contributed by atoms with E-state index in [-0.39, 0.29) is 0 Å². The van der Waals surface area contributed by atoms with E-state index in [1.807, 2.05) is 13.8 Å². The molecule has 0 radical (unpaired) electrons. The zero-order valence-electron chi connectivity index (χ0n) is 8.85. The molecule has 72 valence electrons. The van der Waals surface area contributed by atoms with Crippen molar-refractivity contribution in [2.75, 3.05) is 0 Å². The zero-order chi connectivity index (χ0) is 9.61. The molecule has 0 rings (SSSR count). The number of allylic oxidation sites excluding steroid dienone is 1. The third-order valence-electron chi connectivity index (χ3n) is 2.60. The quantitative estimate of drug-likeness (QED) is 0.628. The highest BCUT2D eigenvalue weighted by atomic mass is 16.3. The van der Waals surface area contributed by atoms with Crippen LogP contribution in [0.15, 0.2) is 11.6 Å². The van der Waals surface area contributed by atoms with Gasteiger partial charge in [-0.2, -0.15) is 0 Å². The van der Waals surface area contributed by atoms with Gasteiger partial charge in [-0.05, 0) is 31.3 Å². The smallest absolute Gasteiger partial charge is 0.0851 e. The van der Waals surface area contributed by atoms with Crippen LogP contribution >= 0.6 is 0 Å². The van der Waals surface area contributed by atoms with E-state index in [1.165, 1.54) is 5.57 Å². The van der Waals surface area contributed by atoms with E-state index in [0.29, 0.717) is 0 Å². The van der Waals surface area contributed by atoms with Gasteiger partial charge in [0.1, 0.15) is 0 Å². The Morgan fingerprint density at radius 3 is 1.92 bits per heavy atom. The lowest BCUT2D eigenvalue weighted by molar-refractivity contribution is 0.0669. The average Bonchev–Trinajstić information content (AvgIpc) is 2.13. The van der Waals surface area contributed by atoms with Crippen LogP contribution in [0, 0.1) is 0 Å². The molecule has 0 aliphatic heterocycles. The second-order valence-electron chi connectivity index (χ2n) is 3.23. The van der Waals surface area contributed by atoms with Gasteiger partial charge in [0.2, 0.25) is 0 Å². The Labute approximate surface area is 76.5 Å². The zero-order valence-corrected chi connectivity index (χ0v) is 8.85. The molecular formula is C11H22O. The standard InChI is InChI=1S/C11H22O/c1-5-9-10(6-2)11(12,7-3)8-4/h9,12H,5-8H2,1-4H3/b10-9+. The van der Waals surface area contributed by atoms with Crippen molar-refractivity contribution in [2.45, 2.75) is 59.0 Å². The van der Waals surface area contributed by atoms with Gasteiger partial charge in [-0.1, -0.05) is 33.8 Å². The third kappa shape index (κ3) is 2.63. The van der Waals surface area contributed by atoms with Crippen LogP contribution in [0.1, 0.15) is 53.4 Å². The van der Waals surface area contributed by atoms with Gasteiger partial charge in [-0.3, -0.25) is 0 Å². The van der Waals surface area contributed by atoms with Crippen LogP contribution in [0.4, 0.5) is 0 Å². The van der Waals surface area contributed by atoms with Gasteiger partial charge < -0.3 is 5.11 Å². The maximum Gasteiger partial charge on any atom is 0.0851 e. The summed E-state index contributed by atoms with van der Waals surface area (Å²) in [7, 11) is 0. The van der Waals surface area contributed by atoms with Crippen molar-refractivity contribution < 1.29 is 5.11 Å². The second kappa shape index (κ2) is 5.36. The molecule has 0 atom stereocenters. The Hall–Kier alpha value is -0.300. The van der Waals surface area contributed by atoms with Crippen LogP contribution < -0.4 is 0 Å². The predicted molar refractivity (Wildman–Crippen MR) is 54.2 cm³/mol. The number of hydrogen-bond acceptors (Lipinski definition) is 1. The lowest BCUT2D eigenvalue weighted by Crippen LogP contribution is -2.29. The molecular weight excluding hydrogens is 148 g/mol. The highest BCUT2D eigenvalue weighted by Crippen LogP contribution is 2.27. The molecule has 12 heavy (non-hydrogen) atoms. The Bertz CT molecular complexity index is 143. The van der Waals surface area contributed by atoms with Crippen LogP contribution in [-0.4, -0.2) is 10.7 Å². The SMILES string of the molecule is CC/C=C(\CC)C(O)(CC)CC. The summed E-state index contributed by atoms with van der Waals surface area (Å²) in [5.74, 6) is 0. The molecule has 1 heteroatoms. The molecule has 0 bridgehead atoms. The van der Waals surface area contributed by atoms with Gasteiger partial charge in [0.15, 0.2) is 0 Å². The first-order valence-corrected chi connectivity index (χ1v) is 5.06. The lowest BCUT2D eigenvalue weighted by atomic mass is 9.86. The topological polar surface area (TPSA) is 20.2 Å². The largest absolute Gasteiger partial charge is 0.386 e. The van der Waals surface area contributed by atoms with E-state index >= 15 is 0 Å². The van der Waals surface area contributed by atoms with Crippen molar-refractivity contribution in [3.05, 3.63) is 11.6 Å². The molecule has 0 aromatic carbocycles. The maximum atomic E-state index is 10.2. The summed E-state index contributed by atoms with van der Waals surface area (Å²) in [6.45, 7) is 8.31. The van der Waals surface area contributed by atoms with Crippen molar-refractivity contribution in [3.8, 4) is 0 Å². The van der Waals surface area contributed by atoms with Gasteiger partial charge >= 0.3 is 0 Å². The summed E-state index contributed by atoms with van der Waals surface area (Å²) in [6.07, 6.45) is 5.79. The first-order valence-electron chi connectivity index (χ1n) is 5.06. The van der Waals surface area contributed by atoms with Crippen LogP contribution in [0.5, 0.6) is 0 Å². The fraction of sp³-hybridized carbons (Fsp3) is 0.818. The molecule has 0 saturated carbocycles. The van der Waals surface area contributed by atoms with Gasteiger partial charge in [-0.25, -0.2) is 0 Å². The Balaban J connectivity index is 4.55. The minimum atomic E-state index is -0.537. The van der Waals surface area contributed by atoms with Crippen LogP contribution in [0.25, 0.3) is 0 Å². The second-order valence-corrected chi connectivity index (χ2v) is 3.23. The van der Waals surface area contributed by atoms with Crippen molar-refractivity contribution >= 4 is 0 Å². The molecule has 1 nitrogen and oxygen atoms in total. The van der Waals surface area contributed by atoms with E-state index in [9.17, 15) is 5.11 Å². The summed E-state index contributed by atoms with van der Waals surface area (Å²) in [5, 5.41) is 10.2. The fourth-order valence-electron chi connectivity index (χ4n) is 1.61. The summed E-state index contributed by atoms with van der Waals surface area (Å²) in [5.41, 5.74) is 0.667. The minimum Gasteiger partial charge on any atom is -0.386 e. The Kier molecular flexibility index (Phi) is 5.23. The third-order valence-corrected chi connectivity index (χ3v) is 2.60. The number of rotatable bonds is 5. The summed E-state index contributed by atoms with van der Waals surface area (Å²) < 4.78 is 0. The summed E-state index contributed by atoms with van der Waals surface area (Å²) in [6, 6.07) is 0. The maximum absolute atomic E-state index is 10.2. The minimum absolute atomic E-state index is 0.537. The molecule has 0 aromatic rings. The van der Waals surface area contributed by atoms with Gasteiger partial charge in [0, 0.05) is 0 Å². The van der Waals surface area contributed by atoms with E-state index in [0.717, 1.165) is 25.7 Å². The molecule has 1 N–H and O–H groups in total. The molecule has 0 unspecified atom stereocenters. The fourth-order valence-corrected chi connectivity index (χ4v) is 1.61. The summed E-state index contributed by atoms with van der Waals surface area (Å²) >= 11 is 0. The molecule has 0 saturated heterocycles. The van der Waals surface area contributed by atoms with Crippen molar-refractivity contribution in [1.82, 2.24) is 0 Å². The number of hydrogen-bond donors (Lipinski definition) is 1. The highest BCUT2D eigenvalue weighted by molar-refractivity contribution is 5.15. The normalized spacial score (nSPS) is 13.6. The first kappa shape index (κ1) is 11.7. The highest BCUT2D eigenvalue weighted by Gasteiger charge is 2.25. The summed E-state index contributed by atoms with van der Waals surface area (Å²) in [4.78, 5) is 0. The van der Waals surface area contributed by atoms with Crippen LogP contribution in [0.2, 0.25) is 0 Å². The van der Waals surface area contributed by atoms with Gasteiger partial charge in [0.05, 0.1) is 5.60 Å². The van der Waals surface area contributed by atoms with E-state index in [2.05, 4.69) is 19.9 Å². The van der Waals surface area contributed by atoms with E-state index in [4.69, 9.17) is 0 Å². The Morgan fingerprint density at radius 1 is 1.17 bits per heavy atom. The molecule has 0 aromatic heterocycles. The Morgan fingerprint density at radius 2 is 1.67 bits per heavy atom. The van der Waals surface area contributed by atoms with Crippen molar-refractivity contribution in [2.24, 2.45) is 0 Å². The lowest BCUT2D eigenvalue weighted by Gasteiger charge is -2.28. The number of aliphatic hydroxyl groups is 1. The molecule has 0 aliphatic carbocycles.